The van der Waals surface area contributed by atoms with Crippen molar-refractivity contribution in [3.05, 3.63) is 46.6 Å². The zero-order valence-electron chi connectivity index (χ0n) is 11.8. The van der Waals surface area contributed by atoms with Crippen LogP contribution in [0.3, 0.4) is 0 Å². The first-order valence-electron chi connectivity index (χ1n) is 6.07. The number of methoxy groups -OCH3 is 1. The van der Waals surface area contributed by atoms with Crippen LogP contribution in [-0.2, 0) is 9.84 Å². The van der Waals surface area contributed by atoms with E-state index < -0.39 is 14.8 Å². The molecule has 2 rings (SSSR count). The third-order valence-corrected chi connectivity index (χ3v) is 3.93. The summed E-state index contributed by atoms with van der Waals surface area (Å²) in [6, 6.07) is 6.91. The molecule has 0 spiro atoms. The second-order valence-electron chi connectivity index (χ2n) is 4.42. The van der Waals surface area contributed by atoms with Gasteiger partial charge in [-0.05, 0) is 18.2 Å². The Hall–Kier alpha value is -2.68. The number of pyridine rings is 1. The molecule has 0 aliphatic carbocycles. The molecular formula is C13H13N3O5S. The van der Waals surface area contributed by atoms with Gasteiger partial charge < -0.3 is 10.1 Å². The summed E-state index contributed by atoms with van der Waals surface area (Å²) in [6.45, 7) is 0. The number of ether oxygens (including phenoxy) is 1. The fourth-order valence-corrected chi connectivity index (χ4v) is 2.37. The minimum absolute atomic E-state index is 0.113. The minimum atomic E-state index is -3.52. The lowest BCUT2D eigenvalue weighted by atomic mass is 10.2. The predicted molar refractivity (Wildman–Crippen MR) is 80.3 cm³/mol. The first kappa shape index (κ1) is 15.7. The Morgan fingerprint density at radius 2 is 2.00 bits per heavy atom. The van der Waals surface area contributed by atoms with Gasteiger partial charge in [0.2, 0.25) is 5.88 Å². The van der Waals surface area contributed by atoms with E-state index >= 15 is 0 Å². The maximum atomic E-state index is 11.5. The Balaban J connectivity index is 2.39. The quantitative estimate of drug-likeness (QED) is 0.662. The number of benzene rings is 1. The number of aromatic nitrogens is 1. The highest BCUT2D eigenvalue weighted by molar-refractivity contribution is 7.90. The van der Waals surface area contributed by atoms with Gasteiger partial charge in [-0.1, -0.05) is 0 Å². The fourth-order valence-electron chi connectivity index (χ4n) is 1.73. The van der Waals surface area contributed by atoms with E-state index in [-0.39, 0.29) is 16.3 Å². The Morgan fingerprint density at radius 1 is 1.27 bits per heavy atom. The van der Waals surface area contributed by atoms with Gasteiger partial charge in [0.05, 0.1) is 28.8 Å². The second kappa shape index (κ2) is 5.98. The number of rotatable bonds is 5. The lowest BCUT2D eigenvalue weighted by Crippen LogP contribution is -2.02. The van der Waals surface area contributed by atoms with E-state index in [1.165, 1.54) is 25.4 Å². The Bertz CT molecular complexity index is 803. The van der Waals surface area contributed by atoms with Gasteiger partial charge in [-0.15, -0.1) is 0 Å². The number of anilines is 2. The molecule has 0 fully saturated rings. The lowest BCUT2D eigenvalue weighted by Gasteiger charge is -2.08. The number of nitro benzene ring substituents is 1. The smallest absolute Gasteiger partial charge is 0.293 e. The summed E-state index contributed by atoms with van der Waals surface area (Å²) < 4.78 is 27.9. The number of hydrogen-bond acceptors (Lipinski definition) is 7. The summed E-state index contributed by atoms with van der Waals surface area (Å²) in [4.78, 5) is 14.3. The average molecular weight is 323 g/mol. The third-order valence-electron chi connectivity index (χ3n) is 2.82. The summed E-state index contributed by atoms with van der Waals surface area (Å²) in [6.07, 6.45) is 2.44. The molecule has 0 saturated carbocycles. The second-order valence-corrected chi connectivity index (χ2v) is 6.44. The summed E-state index contributed by atoms with van der Waals surface area (Å²) in [5.74, 6) is 0.410. The molecule has 8 nitrogen and oxygen atoms in total. The van der Waals surface area contributed by atoms with E-state index in [9.17, 15) is 18.5 Å². The SMILES string of the molecule is COc1ccc(Nc2ccc(S(C)(=O)=O)cc2[N+](=O)[O-])cn1. The van der Waals surface area contributed by atoms with Crippen molar-refractivity contribution in [2.24, 2.45) is 0 Å². The van der Waals surface area contributed by atoms with E-state index in [1.807, 2.05) is 0 Å². The maximum Gasteiger partial charge on any atom is 0.293 e. The standard InChI is InChI=1S/C13H13N3O5S/c1-21-13-6-3-9(8-14-13)15-11-5-4-10(22(2,19)20)7-12(11)16(17)18/h3-8,15H,1-2H3. The molecule has 2 aromatic rings. The summed E-state index contributed by atoms with van der Waals surface area (Å²) in [5, 5.41) is 14.0. The van der Waals surface area contributed by atoms with Crippen LogP contribution in [0.4, 0.5) is 17.1 Å². The fraction of sp³-hybridized carbons (Fsp3) is 0.154. The normalized spacial score (nSPS) is 11.0. The van der Waals surface area contributed by atoms with Crippen molar-refractivity contribution in [3.63, 3.8) is 0 Å². The van der Waals surface area contributed by atoms with Gasteiger partial charge in [0.1, 0.15) is 5.69 Å². The summed E-state index contributed by atoms with van der Waals surface area (Å²) in [5.41, 5.74) is 0.346. The largest absolute Gasteiger partial charge is 0.481 e. The Labute approximate surface area is 126 Å². The van der Waals surface area contributed by atoms with Gasteiger partial charge >= 0.3 is 0 Å². The molecular weight excluding hydrogens is 310 g/mol. The van der Waals surface area contributed by atoms with E-state index in [2.05, 4.69) is 10.3 Å². The van der Waals surface area contributed by atoms with E-state index in [0.717, 1.165) is 12.3 Å². The maximum absolute atomic E-state index is 11.5. The minimum Gasteiger partial charge on any atom is -0.481 e. The highest BCUT2D eigenvalue weighted by Crippen LogP contribution is 2.30. The van der Waals surface area contributed by atoms with Crippen LogP contribution in [-0.4, -0.2) is 31.7 Å². The molecule has 0 atom stereocenters. The summed E-state index contributed by atoms with van der Waals surface area (Å²) >= 11 is 0. The molecule has 0 unspecified atom stereocenters. The van der Waals surface area contributed by atoms with E-state index in [0.29, 0.717) is 11.6 Å². The molecule has 0 saturated heterocycles. The topological polar surface area (TPSA) is 111 Å². The average Bonchev–Trinajstić information content (AvgIpc) is 2.47. The highest BCUT2D eigenvalue weighted by Gasteiger charge is 2.18. The molecule has 9 heteroatoms. The molecule has 0 aliphatic heterocycles. The van der Waals surface area contributed by atoms with Crippen molar-refractivity contribution in [3.8, 4) is 5.88 Å². The van der Waals surface area contributed by atoms with Gasteiger partial charge in [-0.25, -0.2) is 13.4 Å². The zero-order valence-corrected chi connectivity index (χ0v) is 12.6. The first-order valence-corrected chi connectivity index (χ1v) is 7.96. The molecule has 0 amide bonds. The van der Waals surface area contributed by atoms with E-state index in [4.69, 9.17) is 4.74 Å². The van der Waals surface area contributed by atoms with Crippen molar-refractivity contribution in [2.45, 2.75) is 4.90 Å². The molecule has 1 aromatic heterocycles. The van der Waals surface area contributed by atoms with Crippen molar-refractivity contribution in [1.82, 2.24) is 4.98 Å². The van der Waals surface area contributed by atoms with Crippen LogP contribution in [0.5, 0.6) is 5.88 Å². The number of nitrogens with zero attached hydrogens (tertiary/aromatic N) is 2. The molecule has 116 valence electrons. The van der Waals surface area contributed by atoms with Gasteiger partial charge in [0, 0.05) is 18.4 Å². The van der Waals surface area contributed by atoms with Crippen LogP contribution in [0.1, 0.15) is 0 Å². The van der Waals surface area contributed by atoms with Crippen molar-refractivity contribution < 1.29 is 18.1 Å². The van der Waals surface area contributed by atoms with Crippen LogP contribution in [0.25, 0.3) is 0 Å². The van der Waals surface area contributed by atoms with Crippen molar-refractivity contribution in [2.75, 3.05) is 18.7 Å². The Kier molecular flexibility index (Phi) is 4.27. The highest BCUT2D eigenvalue weighted by atomic mass is 32.2. The zero-order chi connectivity index (χ0) is 16.3. The molecule has 1 N–H and O–H groups in total. The number of sulfone groups is 1. The van der Waals surface area contributed by atoms with Crippen LogP contribution in [0, 0.1) is 10.1 Å². The van der Waals surface area contributed by atoms with Gasteiger partial charge in [-0.2, -0.15) is 0 Å². The number of nitro groups is 1. The molecule has 1 aromatic carbocycles. The number of nitrogens with one attached hydrogen (secondary N) is 1. The van der Waals surface area contributed by atoms with Crippen LogP contribution in [0.15, 0.2) is 41.4 Å². The predicted octanol–water partition coefficient (Wildman–Crippen LogP) is 2.15. The lowest BCUT2D eigenvalue weighted by molar-refractivity contribution is -0.384. The third kappa shape index (κ3) is 3.50. The van der Waals surface area contributed by atoms with E-state index in [1.54, 1.807) is 12.1 Å². The molecule has 22 heavy (non-hydrogen) atoms. The van der Waals surface area contributed by atoms with Crippen LogP contribution in [0.2, 0.25) is 0 Å². The van der Waals surface area contributed by atoms with Crippen LogP contribution < -0.4 is 10.1 Å². The first-order chi connectivity index (χ1) is 10.3. The summed E-state index contributed by atoms with van der Waals surface area (Å²) in [7, 11) is -2.04. The monoisotopic (exact) mass is 323 g/mol. The van der Waals surface area contributed by atoms with Crippen LogP contribution >= 0.6 is 0 Å². The molecule has 0 radical (unpaired) electrons. The number of hydrogen-bond donors (Lipinski definition) is 1. The van der Waals surface area contributed by atoms with Gasteiger partial charge in [-0.3, -0.25) is 10.1 Å². The van der Waals surface area contributed by atoms with Gasteiger partial charge in [0.15, 0.2) is 9.84 Å². The van der Waals surface area contributed by atoms with Gasteiger partial charge in [0.25, 0.3) is 5.69 Å². The Morgan fingerprint density at radius 3 is 2.50 bits per heavy atom. The molecule has 1 heterocycles. The van der Waals surface area contributed by atoms with Crippen molar-refractivity contribution >= 4 is 26.9 Å². The molecule has 0 aliphatic rings. The molecule has 0 bridgehead atoms. The van der Waals surface area contributed by atoms with Crippen molar-refractivity contribution in [1.29, 1.82) is 0 Å².